The van der Waals surface area contributed by atoms with E-state index in [0.717, 1.165) is 47.5 Å². The smallest absolute Gasteiger partial charge is 0.341 e. The van der Waals surface area contributed by atoms with Crippen LogP contribution in [0, 0.1) is 11.6 Å². The van der Waals surface area contributed by atoms with Gasteiger partial charge < -0.3 is 15.4 Å². The number of aryl methyl sites for hydroxylation is 1. The Labute approximate surface area is 248 Å². The first-order valence-corrected chi connectivity index (χ1v) is 15.0. The second-order valence-electron chi connectivity index (χ2n) is 9.43. The number of hydrogen-bond donors (Lipinski definition) is 2. The molecule has 1 aliphatic carbocycles. The molecular weight excluding hydrogens is 584 g/mol. The molecule has 2 amide bonds. The summed E-state index contributed by atoms with van der Waals surface area (Å²) in [5, 5.41) is 14.2. The van der Waals surface area contributed by atoms with E-state index in [1.807, 2.05) is 0 Å². The Kier molecular flexibility index (Phi) is 8.97. The van der Waals surface area contributed by atoms with Crippen LogP contribution < -0.4 is 10.6 Å². The fourth-order valence-corrected chi connectivity index (χ4v) is 6.74. The van der Waals surface area contributed by atoms with Gasteiger partial charge in [-0.05, 0) is 81.1 Å². The van der Waals surface area contributed by atoms with Gasteiger partial charge in [-0.2, -0.15) is 0 Å². The Balaban J connectivity index is 1.36. The number of benzene rings is 2. The number of nitrogens with one attached hydrogen (secondary N) is 2. The van der Waals surface area contributed by atoms with Gasteiger partial charge in [-0.1, -0.05) is 17.8 Å². The van der Waals surface area contributed by atoms with Crippen LogP contribution in [0.25, 0.3) is 5.69 Å². The molecular formula is C29H27F2N5O4S2. The van der Waals surface area contributed by atoms with E-state index in [1.165, 1.54) is 53.8 Å². The molecule has 218 valence electrons. The molecule has 2 aromatic carbocycles. The largest absolute Gasteiger partial charge is 0.462 e. The SMILES string of the molecule is CCOC(=O)c1c(NC(=O)C(C)Sc2nnc(CNC(=O)c3cccc(F)c3)n2-c2ccc(F)cc2)sc2c1CCC2. The zero-order valence-corrected chi connectivity index (χ0v) is 24.4. The van der Waals surface area contributed by atoms with Crippen LogP contribution in [-0.2, 0) is 28.9 Å². The van der Waals surface area contributed by atoms with Crippen LogP contribution in [0.2, 0.25) is 0 Å². The molecule has 4 aromatic rings. The second-order valence-corrected chi connectivity index (χ2v) is 11.8. The Bertz CT molecular complexity index is 1640. The number of carbonyl (C=O) groups excluding carboxylic acids is 3. The number of esters is 1. The highest BCUT2D eigenvalue weighted by Gasteiger charge is 2.30. The maximum Gasteiger partial charge on any atom is 0.341 e. The van der Waals surface area contributed by atoms with Gasteiger partial charge in [-0.3, -0.25) is 14.2 Å². The molecule has 1 unspecified atom stereocenters. The number of rotatable bonds is 10. The number of carbonyl (C=O) groups is 3. The quantitative estimate of drug-likeness (QED) is 0.184. The second kappa shape index (κ2) is 12.8. The van der Waals surface area contributed by atoms with Crippen molar-refractivity contribution in [2.45, 2.75) is 50.1 Å². The molecule has 5 rings (SSSR count). The van der Waals surface area contributed by atoms with Crippen LogP contribution in [0.4, 0.5) is 13.8 Å². The highest BCUT2D eigenvalue weighted by atomic mass is 32.2. The van der Waals surface area contributed by atoms with Gasteiger partial charge in [-0.25, -0.2) is 13.6 Å². The summed E-state index contributed by atoms with van der Waals surface area (Å²) in [5.41, 5.74) is 2.02. The molecule has 0 radical (unpaired) electrons. The number of aromatic nitrogens is 3. The Morgan fingerprint density at radius 2 is 1.88 bits per heavy atom. The third-order valence-corrected chi connectivity index (χ3v) is 8.82. The standard InChI is InChI=1S/C29H27F2N5O4S2/c1-3-40-28(39)24-21-8-5-9-22(21)42-27(24)33-25(37)16(2)41-29-35-34-23(36(29)20-12-10-18(30)11-13-20)15-32-26(38)17-6-4-7-19(31)14-17/h4,6-7,10-14,16H,3,5,8-9,15H2,1-2H3,(H,32,38)(H,33,37). The molecule has 2 N–H and O–H groups in total. The van der Waals surface area contributed by atoms with Gasteiger partial charge in [0, 0.05) is 16.1 Å². The number of halogens is 2. The van der Waals surface area contributed by atoms with E-state index < -0.39 is 28.8 Å². The maximum atomic E-state index is 13.7. The number of hydrogen-bond acceptors (Lipinski definition) is 8. The zero-order valence-electron chi connectivity index (χ0n) is 22.8. The molecule has 0 bridgehead atoms. The van der Waals surface area contributed by atoms with Gasteiger partial charge in [0.15, 0.2) is 11.0 Å². The number of anilines is 1. The Morgan fingerprint density at radius 1 is 1.10 bits per heavy atom. The number of thioether (sulfide) groups is 1. The van der Waals surface area contributed by atoms with Crippen molar-refractivity contribution in [2.24, 2.45) is 0 Å². The summed E-state index contributed by atoms with van der Waals surface area (Å²) in [7, 11) is 0. The molecule has 13 heteroatoms. The van der Waals surface area contributed by atoms with Gasteiger partial charge in [-0.15, -0.1) is 21.5 Å². The van der Waals surface area contributed by atoms with Crippen LogP contribution in [0.3, 0.4) is 0 Å². The third kappa shape index (κ3) is 6.36. The summed E-state index contributed by atoms with van der Waals surface area (Å²) in [6.45, 7) is 3.60. The minimum Gasteiger partial charge on any atom is -0.462 e. The van der Waals surface area contributed by atoms with E-state index in [9.17, 15) is 23.2 Å². The molecule has 0 aliphatic heterocycles. The molecule has 2 aromatic heterocycles. The summed E-state index contributed by atoms with van der Waals surface area (Å²) < 4.78 is 34.2. The van der Waals surface area contributed by atoms with E-state index in [-0.39, 0.29) is 24.6 Å². The van der Waals surface area contributed by atoms with Crippen LogP contribution in [0.1, 0.15) is 57.2 Å². The maximum absolute atomic E-state index is 13.7. The average Bonchev–Trinajstić information content (AvgIpc) is 3.67. The van der Waals surface area contributed by atoms with Crippen molar-refractivity contribution in [1.29, 1.82) is 0 Å². The van der Waals surface area contributed by atoms with E-state index in [4.69, 9.17) is 4.74 Å². The van der Waals surface area contributed by atoms with Crippen molar-refractivity contribution in [3.63, 3.8) is 0 Å². The Hall–Kier alpha value is -4.10. The fourth-order valence-electron chi connectivity index (χ4n) is 4.57. The van der Waals surface area contributed by atoms with E-state index >= 15 is 0 Å². The minimum atomic E-state index is -0.671. The number of thiophene rings is 1. The monoisotopic (exact) mass is 611 g/mol. The third-order valence-electron chi connectivity index (χ3n) is 6.57. The molecule has 0 saturated heterocycles. The first kappa shape index (κ1) is 29.4. The van der Waals surface area contributed by atoms with Gasteiger partial charge in [0.2, 0.25) is 5.91 Å². The highest BCUT2D eigenvalue weighted by Crippen LogP contribution is 2.40. The summed E-state index contributed by atoms with van der Waals surface area (Å²) in [6.07, 6.45) is 2.57. The van der Waals surface area contributed by atoms with Crippen LogP contribution >= 0.6 is 23.1 Å². The summed E-state index contributed by atoms with van der Waals surface area (Å²) in [5.74, 6) is -1.96. The van der Waals surface area contributed by atoms with Gasteiger partial charge in [0.25, 0.3) is 5.91 Å². The first-order valence-electron chi connectivity index (χ1n) is 13.3. The van der Waals surface area contributed by atoms with Crippen molar-refractivity contribution in [3.05, 3.63) is 87.6 Å². The summed E-state index contributed by atoms with van der Waals surface area (Å²) in [6, 6.07) is 10.9. The van der Waals surface area contributed by atoms with Crippen LogP contribution in [0.15, 0.2) is 53.7 Å². The van der Waals surface area contributed by atoms with E-state index in [1.54, 1.807) is 18.4 Å². The number of ether oxygens (including phenoxy) is 1. The van der Waals surface area contributed by atoms with Crippen molar-refractivity contribution < 1.29 is 27.9 Å². The lowest BCUT2D eigenvalue weighted by atomic mass is 10.1. The summed E-state index contributed by atoms with van der Waals surface area (Å²) in [4.78, 5) is 39.7. The van der Waals surface area contributed by atoms with Gasteiger partial charge in [0.05, 0.1) is 24.0 Å². The minimum absolute atomic E-state index is 0.0650. The molecule has 0 saturated carbocycles. The molecule has 0 fully saturated rings. The molecule has 0 spiro atoms. The number of nitrogens with zero attached hydrogens (tertiary/aromatic N) is 3. The van der Waals surface area contributed by atoms with Gasteiger partial charge in [0.1, 0.15) is 16.6 Å². The lowest BCUT2D eigenvalue weighted by Gasteiger charge is -2.14. The van der Waals surface area contributed by atoms with Crippen molar-refractivity contribution >= 4 is 45.9 Å². The van der Waals surface area contributed by atoms with E-state index in [0.29, 0.717) is 27.2 Å². The average molecular weight is 612 g/mol. The lowest BCUT2D eigenvalue weighted by Crippen LogP contribution is -2.25. The molecule has 1 aliphatic rings. The van der Waals surface area contributed by atoms with Gasteiger partial charge >= 0.3 is 5.97 Å². The van der Waals surface area contributed by atoms with E-state index in [2.05, 4.69) is 20.8 Å². The predicted octanol–water partition coefficient (Wildman–Crippen LogP) is 5.32. The first-order chi connectivity index (χ1) is 20.2. The topological polar surface area (TPSA) is 115 Å². The van der Waals surface area contributed by atoms with Crippen LogP contribution in [0.5, 0.6) is 0 Å². The molecule has 1 atom stereocenters. The van der Waals surface area contributed by atoms with Crippen LogP contribution in [-0.4, -0.2) is 44.4 Å². The molecule has 2 heterocycles. The van der Waals surface area contributed by atoms with Crippen molar-refractivity contribution in [1.82, 2.24) is 20.1 Å². The molecule has 42 heavy (non-hydrogen) atoms. The summed E-state index contributed by atoms with van der Waals surface area (Å²) >= 11 is 2.51. The highest BCUT2D eigenvalue weighted by molar-refractivity contribution is 8.00. The number of amides is 2. The number of fused-ring (bicyclic) bond motifs is 1. The Morgan fingerprint density at radius 3 is 2.62 bits per heavy atom. The lowest BCUT2D eigenvalue weighted by molar-refractivity contribution is -0.115. The zero-order chi connectivity index (χ0) is 29.8. The fraction of sp³-hybridized carbons (Fsp3) is 0.276. The normalized spacial score (nSPS) is 13.0. The predicted molar refractivity (Wildman–Crippen MR) is 155 cm³/mol. The molecule has 9 nitrogen and oxygen atoms in total. The van der Waals surface area contributed by atoms with Crippen molar-refractivity contribution in [2.75, 3.05) is 11.9 Å². The van der Waals surface area contributed by atoms with Crippen molar-refractivity contribution in [3.8, 4) is 5.69 Å².